The van der Waals surface area contributed by atoms with Crippen LogP contribution in [0.5, 0.6) is 0 Å². The topological polar surface area (TPSA) is 61.0 Å². The Morgan fingerprint density at radius 1 is 1.61 bits per heavy atom. The minimum atomic E-state index is 0.140. The number of likely N-dealkylation sites (tertiary alicyclic amines) is 1. The molecule has 18 heavy (non-hydrogen) atoms. The SMILES string of the molecule is CCNC(=O)CCN1CCCCC1c1ncc[nH]1. The second kappa shape index (κ2) is 6.54. The first-order valence-corrected chi connectivity index (χ1v) is 6.81. The Hall–Kier alpha value is -1.36. The van der Waals surface area contributed by atoms with Gasteiger partial charge in [-0.2, -0.15) is 0 Å². The Balaban J connectivity index is 1.90. The molecule has 5 heteroatoms. The number of imidazole rings is 1. The summed E-state index contributed by atoms with van der Waals surface area (Å²) in [5.74, 6) is 1.17. The van der Waals surface area contributed by atoms with Gasteiger partial charge in [-0.3, -0.25) is 9.69 Å². The number of H-pyrrole nitrogens is 1. The van der Waals surface area contributed by atoms with Gasteiger partial charge in [0.2, 0.25) is 5.91 Å². The molecule has 1 atom stereocenters. The summed E-state index contributed by atoms with van der Waals surface area (Å²) < 4.78 is 0. The van der Waals surface area contributed by atoms with Crippen LogP contribution in [0.3, 0.4) is 0 Å². The van der Waals surface area contributed by atoms with Crippen molar-refractivity contribution in [2.45, 2.75) is 38.6 Å². The number of carbonyl (C=O) groups excluding carboxylic acids is 1. The number of nitrogens with zero attached hydrogens (tertiary/aromatic N) is 2. The van der Waals surface area contributed by atoms with Crippen LogP contribution in [0.15, 0.2) is 12.4 Å². The van der Waals surface area contributed by atoms with Crippen LogP contribution < -0.4 is 5.32 Å². The van der Waals surface area contributed by atoms with Gasteiger partial charge < -0.3 is 10.3 Å². The standard InChI is InChI=1S/C13H22N4O/c1-2-14-12(18)6-10-17-9-4-3-5-11(17)13-15-7-8-16-13/h7-8,11H,2-6,9-10H2,1H3,(H,14,18)(H,15,16). The van der Waals surface area contributed by atoms with E-state index in [1.165, 1.54) is 12.8 Å². The van der Waals surface area contributed by atoms with Crippen LogP contribution in [0.1, 0.15) is 44.5 Å². The number of aromatic amines is 1. The molecule has 1 amide bonds. The molecule has 100 valence electrons. The van der Waals surface area contributed by atoms with Crippen molar-refractivity contribution in [3.63, 3.8) is 0 Å². The van der Waals surface area contributed by atoms with Crippen molar-refractivity contribution >= 4 is 5.91 Å². The maximum atomic E-state index is 11.5. The Bertz CT molecular complexity index is 363. The van der Waals surface area contributed by atoms with Gasteiger partial charge in [-0.05, 0) is 26.3 Å². The van der Waals surface area contributed by atoms with Gasteiger partial charge in [-0.25, -0.2) is 4.98 Å². The average Bonchev–Trinajstić information content (AvgIpc) is 2.91. The number of piperidine rings is 1. The lowest BCUT2D eigenvalue weighted by Crippen LogP contribution is -2.37. The van der Waals surface area contributed by atoms with E-state index in [1.807, 2.05) is 13.1 Å². The molecule has 1 aliphatic rings. The van der Waals surface area contributed by atoms with Gasteiger partial charge in [0, 0.05) is 31.9 Å². The van der Waals surface area contributed by atoms with Gasteiger partial charge in [-0.1, -0.05) is 6.42 Å². The van der Waals surface area contributed by atoms with Gasteiger partial charge in [0.1, 0.15) is 5.82 Å². The number of carbonyl (C=O) groups is 1. The Kier molecular flexibility index (Phi) is 4.75. The summed E-state index contributed by atoms with van der Waals surface area (Å²) in [5, 5.41) is 2.85. The van der Waals surface area contributed by atoms with Crippen molar-refractivity contribution in [3.8, 4) is 0 Å². The predicted octanol–water partition coefficient (Wildman–Crippen LogP) is 1.46. The van der Waals surface area contributed by atoms with E-state index in [4.69, 9.17) is 0 Å². The zero-order valence-electron chi connectivity index (χ0n) is 11.0. The summed E-state index contributed by atoms with van der Waals surface area (Å²) >= 11 is 0. The van der Waals surface area contributed by atoms with Crippen molar-refractivity contribution in [2.75, 3.05) is 19.6 Å². The fraction of sp³-hybridized carbons (Fsp3) is 0.692. The molecule has 1 fully saturated rings. The second-order valence-corrected chi connectivity index (χ2v) is 4.73. The van der Waals surface area contributed by atoms with Gasteiger partial charge in [0.15, 0.2) is 0 Å². The fourth-order valence-electron chi connectivity index (χ4n) is 2.56. The monoisotopic (exact) mass is 250 g/mol. The number of nitrogens with one attached hydrogen (secondary N) is 2. The van der Waals surface area contributed by atoms with E-state index in [1.54, 1.807) is 6.20 Å². The highest BCUT2D eigenvalue weighted by Crippen LogP contribution is 2.28. The molecule has 2 heterocycles. The van der Waals surface area contributed by atoms with Crippen molar-refractivity contribution in [1.82, 2.24) is 20.2 Å². The van der Waals surface area contributed by atoms with E-state index < -0.39 is 0 Å². The third-order valence-electron chi connectivity index (χ3n) is 3.45. The van der Waals surface area contributed by atoms with Crippen LogP contribution in [0.2, 0.25) is 0 Å². The van der Waals surface area contributed by atoms with Crippen LogP contribution in [0.4, 0.5) is 0 Å². The lowest BCUT2D eigenvalue weighted by Gasteiger charge is -2.34. The fourth-order valence-corrected chi connectivity index (χ4v) is 2.56. The minimum Gasteiger partial charge on any atom is -0.356 e. The third kappa shape index (κ3) is 3.32. The molecular formula is C13H22N4O. The summed E-state index contributed by atoms with van der Waals surface area (Å²) in [6.45, 7) is 4.53. The van der Waals surface area contributed by atoms with Gasteiger partial charge in [0.05, 0.1) is 6.04 Å². The second-order valence-electron chi connectivity index (χ2n) is 4.73. The summed E-state index contributed by atoms with van der Waals surface area (Å²) in [6.07, 6.45) is 7.82. The molecule has 0 spiro atoms. The molecule has 0 radical (unpaired) electrons. The summed E-state index contributed by atoms with van der Waals surface area (Å²) in [4.78, 5) is 21.4. The average molecular weight is 250 g/mol. The Labute approximate surface area is 108 Å². The minimum absolute atomic E-state index is 0.140. The highest BCUT2D eigenvalue weighted by atomic mass is 16.1. The van der Waals surface area contributed by atoms with E-state index in [0.29, 0.717) is 19.0 Å². The molecule has 1 saturated heterocycles. The molecule has 1 aromatic rings. The number of hydrogen-bond acceptors (Lipinski definition) is 3. The van der Waals surface area contributed by atoms with E-state index in [9.17, 15) is 4.79 Å². The van der Waals surface area contributed by atoms with Crippen LogP contribution in [0.25, 0.3) is 0 Å². The zero-order valence-corrected chi connectivity index (χ0v) is 11.0. The summed E-state index contributed by atoms with van der Waals surface area (Å²) in [7, 11) is 0. The third-order valence-corrected chi connectivity index (χ3v) is 3.45. The van der Waals surface area contributed by atoms with Gasteiger partial charge in [-0.15, -0.1) is 0 Å². The first-order chi connectivity index (χ1) is 8.81. The van der Waals surface area contributed by atoms with E-state index >= 15 is 0 Å². The molecule has 0 bridgehead atoms. The lowest BCUT2D eigenvalue weighted by atomic mass is 10.0. The number of aromatic nitrogens is 2. The number of rotatable bonds is 5. The molecule has 2 N–H and O–H groups in total. The Morgan fingerprint density at radius 2 is 2.50 bits per heavy atom. The van der Waals surface area contributed by atoms with Crippen LogP contribution in [0, 0.1) is 0 Å². The van der Waals surface area contributed by atoms with Crippen molar-refractivity contribution in [3.05, 3.63) is 18.2 Å². The van der Waals surface area contributed by atoms with Crippen molar-refractivity contribution in [2.24, 2.45) is 0 Å². The molecular weight excluding hydrogens is 228 g/mol. The maximum Gasteiger partial charge on any atom is 0.221 e. The van der Waals surface area contributed by atoms with Crippen LogP contribution in [-0.4, -0.2) is 40.4 Å². The molecule has 0 saturated carbocycles. The van der Waals surface area contributed by atoms with Crippen molar-refractivity contribution in [1.29, 1.82) is 0 Å². The molecule has 0 aliphatic carbocycles. The first kappa shape index (κ1) is 13.1. The highest BCUT2D eigenvalue weighted by molar-refractivity contribution is 5.75. The van der Waals surface area contributed by atoms with E-state index in [0.717, 1.165) is 25.3 Å². The molecule has 2 rings (SSSR count). The smallest absolute Gasteiger partial charge is 0.221 e. The van der Waals surface area contributed by atoms with E-state index in [-0.39, 0.29) is 5.91 Å². The number of amides is 1. The molecule has 1 aromatic heterocycles. The quantitative estimate of drug-likeness (QED) is 0.831. The van der Waals surface area contributed by atoms with Gasteiger partial charge >= 0.3 is 0 Å². The normalized spacial score (nSPS) is 20.8. The first-order valence-electron chi connectivity index (χ1n) is 6.81. The van der Waals surface area contributed by atoms with Crippen LogP contribution >= 0.6 is 0 Å². The van der Waals surface area contributed by atoms with E-state index in [2.05, 4.69) is 20.2 Å². The zero-order chi connectivity index (χ0) is 12.8. The maximum absolute atomic E-state index is 11.5. The molecule has 1 unspecified atom stereocenters. The predicted molar refractivity (Wildman–Crippen MR) is 70.1 cm³/mol. The highest BCUT2D eigenvalue weighted by Gasteiger charge is 2.25. The summed E-state index contributed by atoms with van der Waals surface area (Å²) in [5.41, 5.74) is 0. The molecule has 5 nitrogen and oxygen atoms in total. The summed E-state index contributed by atoms with van der Waals surface area (Å²) in [6, 6.07) is 0.350. The largest absolute Gasteiger partial charge is 0.356 e. The molecule has 0 aromatic carbocycles. The van der Waals surface area contributed by atoms with Crippen molar-refractivity contribution < 1.29 is 4.79 Å². The molecule has 1 aliphatic heterocycles. The van der Waals surface area contributed by atoms with Crippen LogP contribution in [-0.2, 0) is 4.79 Å². The van der Waals surface area contributed by atoms with Gasteiger partial charge in [0.25, 0.3) is 0 Å². The lowest BCUT2D eigenvalue weighted by molar-refractivity contribution is -0.121. The Morgan fingerprint density at radius 3 is 3.22 bits per heavy atom. The number of hydrogen-bond donors (Lipinski definition) is 2.